The lowest BCUT2D eigenvalue weighted by Gasteiger charge is -2.20. The molecule has 2 N–H and O–H groups in total. The summed E-state index contributed by atoms with van der Waals surface area (Å²) in [4.78, 5) is 28.4. The molecule has 0 saturated carbocycles. The van der Waals surface area contributed by atoms with Crippen LogP contribution in [0.2, 0.25) is 5.02 Å². The first-order valence-corrected chi connectivity index (χ1v) is 7.13. The Bertz CT molecular complexity index is 704. The molecule has 1 unspecified atom stereocenters. The summed E-state index contributed by atoms with van der Waals surface area (Å²) in [6, 6.07) is 4.20. The summed E-state index contributed by atoms with van der Waals surface area (Å²) in [6.45, 7) is 1.44. The maximum atomic E-state index is 12.1. The predicted molar refractivity (Wildman–Crippen MR) is 84.7 cm³/mol. The highest BCUT2D eigenvalue weighted by Crippen LogP contribution is 2.23. The predicted octanol–water partition coefficient (Wildman–Crippen LogP) is 1.26. The number of carboxylic acid groups (broad SMARTS) is 1. The van der Waals surface area contributed by atoms with Gasteiger partial charge in [0.05, 0.1) is 17.9 Å². The van der Waals surface area contributed by atoms with Crippen LogP contribution < -0.4 is 5.32 Å². The molecule has 0 bridgehead atoms. The molecule has 1 aromatic carbocycles. The van der Waals surface area contributed by atoms with Gasteiger partial charge >= 0.3 is 5.97 Å². The summed E-state index contributed by atoms with van der Waals surface area (Å²) in [7, 11) is 1.56. The molecule has 1 heterocycles. The zero-order valence-corrected chi connectivity index (χ0v) is 13.4. The topological polar surface area (TPSA) is 100 Å². The van der Waals surface area contributed by atoms with Gasteiger partial charge in [0, 0.05) is 5.02 Å². The van der Waals surface area contributed by atoms with Crippen molar-refractivity contribution < 1.29 is 14.7 Å². The average molecular weight is 338 g/mol. The summed E-state index contributed by atoms with van der Waals surface area (Å²) >= 11 is 5.97. The van der Waals surface area contributed by atoms with Gasteiger partial charge in [-0.15, -0.1) is 0 Å². The second-order valence-electron chi connectivity index (χ2n) is 4.98. The number of halogens is 1. The van der Waals surface area contributed by atoms with Crippen LogP contribution in [0.15, 0.2) is 30.9 Å². The van der Waals surface area contributed by atoms with Crippen molar-refractivity contribution in [2.24, 2.45) is 0 Å². The first-order chi connectivity index (χ1) is 10.9. The molecule has 0 aliphatic heterocycles. The summed E-state index contributed by atoms with van der Waals surface area (Å²) in [6.07, 6.45) is 2.88. The van der Waals surface area contributed by atoms with Gasteiger partial charge in [0.2, 0.25) is 5.91 Å². The molecule has 0 aliphatic rings. The molecule has 1 amide bonds. The Hall–Kier alpha value is -2.45. The summed E-state index contributed by atoms with van der Waals surface area (Å²) in [5, 5.41) is 16.1. The van der Waals surface area contributed by atoms with Gasteiger partial charge < -0.3 is 10.4 Å². The molecule has 2 aromatic rings. The number of carboxylic acids is 1. The number of nitrogens with zero attached hydrogens (tertiary/aromatic N) is 4. The Kier molecular flexibility index (Phi) is 5.30. The lowest BCUT2D eigenvalue weighted by atomic mass is 10.2. The third-order valence-corrected chi connectivity index (χ3v) is 3.54. The van der Waals surface area contributed by atoms with E-state index in [0.717, 1.165) is 0 Å². The molecule has 1 atom stereocenters. The van der Waals surface area contributed by atoms with Gasteiger partial charge in [0.1, 0.15) is 18.7 Å². The Morgan fingerprint density at radius 1 is 1.48 bits per heavy atom. The van der Waals surface area contributed by atoms with Crippen LogP contribution in [0.25, 0.3) is 5.69 Å². The quantitative estimate of drug-likeness (QED) is 0.823. The second kappa shape index (κ2) is 7.21. The van der Waals surface area contributed by atoms with E-state index >= 15 is 0 Å². The van der Waals surface area contributed by atoms with E-state index < -0.39 is 12.0 Å². The van der Waals surface area contributed by atoms with Gasteiger partial charge in [0.25, 0.3) is 0 Å². The van der Waals surface area contributed by atoms with Crippen LogP contribution in [0.5, 0.6) is 0 Å². The molecule has 8 nitrogen and oxygen atoms in total. The van der Waals surface area contributed by atoms with Gasteiger partial charge in [-0.25, -0.2) is 9.67 Å². The molecule has 0 fully saturated rings. The van der Waals surface area contributed by atoms with E-state index in [-0.39, 0.29) is 12.5 Å². The lowest BCUT2D eigenvalue weighted by molar-refractivity contribution is -0.142. The highest BCUT2D eigenvalue weighted by molar-refractivity contribution is 6.31. The van der Waals surface area contributed by atoms with E-state index in [1.807, 2.05) is 0 Å². The summed E-state index contributed by atoms with van der Waals surface area (Å²) in [5.41, 5.74) is 1.07. The molecule has 9 heteroatoms. The van der Waals surface area contributed by atoms with E-state index in [4.69, 9.17) is 16.7 Å². The van der Waals surface area contributed by atoms with E-state index in [2.05, 4.69) is 15.4 Å². The Morgan fingerprint density at radius 2 is 2.22 bits per heavy atom. The maximum Gasteiger partial charge on any atom is 0.320 e. The van der Waals surface area contributed by atoms with Crippen LogP contribution in [0.1, 0.15) is 6.92 Å². The van der Waals surface area contributed by atoms with Crippen molar-refractivity contribution in [1.29, 1.82) is 0 Å². The van der Waals surface area contributed by atoms with Gasteiger partial charge in [-0.05, 0) is 32.2 Å². The number of nitrogens with one attached hydrogen (secondary N) is 1. The van der Waals surface area contributed by atoms with Crippen molar-refractivity contribution in [1.82, 2.24) is 19.7 Å². The number of aromatic nitrogens is 3. The molecule has 0 spiro atoms. The van der Waals surface area contributed by atoms with Crippen LogP contribution in [0.3, 0.4) is 0 Å². The average Bonchev–Trinajstić information content (AvgIpc) is 3.00. The van der Waals surface area contributed by atoms with Gasteiger partial charge in [0.15, 0.2) is 0 Å². The monoisotopic (exact) mass is 337 g/mol. The van der Waals surface area contributed by atoms with Crippen LogP contribution in [0, 0.1) is 0 Å². The summed E-state index contributed by atoms with van der Waals surface area (Å²) in [5.74, 6) is -1.35. The zero-order valence-electron chi connectivity index (χ0n) is 12.6. The van der Waals surface area contributed by atoms with E-state index in [9.17, 15) is 9.59 Å². The van der Waals surface area contributed by atoms with E-state index in [1.165, 1.54) is 29.2 Å². The molecule has 2 rings (SSSR count). The van der Waals surface area contributed by atoms with E-state index in [0.29, 0.717) is 16.4 Å². The molecular weight excluding hydrogens is 322 g/mol. The van der Waals surface area contributed by atoms with Gasteiger partial charge in [-0.2, -0.15) is 5.10 Å². The first-order valence-electron chi connectivity index (χ1n) is 6.76. The smallest absolute Gasteiger partial charge is 0.320 e. The Labute approximate surface area is 137 Å². The number of hydrogen-bond acceptors (Lipinski definition) is 5. The molecule has 0 saturated heterocycles. The standard InChI is InChI=1S/C14H16ClN5O3/c1-9(14(22)23)19(2)6-13(21)18-11-5-10(15)3-4-12(11)20-8-16-7-17-20/h3-5,7-9H,6H2,1-2H3,(H,18,21)(H,22,23). The lowest BCUT2D eigenvalue weighted by Crippen LogP contribution is -2.40. The number of likely N-dealkylation sites (N-methyl/N-ethyl adjacent to an activating group) is 1. The number of carbonyl (C=O) groups is 2. The van der Waals surface area contributed by atoms with Crippen molar-refractivity contribution in [2.45, 2.75) is 13.0 Å². The second-order valence-corrected chi connectivity index (χ2v) is 5.42. The van der Waals surface area contributed by atoms with E-state index in [1.54, 1.807) is 25.2 Å². The number of carbonyl (C=O) groups excluding carboxylic acids is 1. The van der Waals surface area contributed by atoms with Crippen molar-refractivity contribution in [3.05, 3.63) is 35.9 Å². The SMILES string of the molecule is CC(C(=O)O)N(C)CC(=O)Nc1cc(Cl)ccc1-n1cncn1. The van der Waals surface area contributed by atoms with Crippen LogP contribution in [-0.2, 0) is 9.59 Å². The number of aliphatic carboxylic acids is 1. The van der Waals surface area contributed by atoms with Crippen molar-refractivity contribution in [3.63, 3.8) is 0 Å². The fourth-order valence-electron chi connectivity index (χ4n) is 1.88. The molecular formula is C14H16ClN5O3. The normalized spacial score (nSPS) is 12.2. The van der Waals surface area contributed by atoms with Crippen molar-refractivity contribution >= 4 is 29.2 Å². The Balaban J connectivity index is 2.15. The number of amides is 1. The minimum atomic E-state index is -0.994. The number of anilines is 1. The third-order valence-electron chi connectivity index (χ3n) is 3.31. The molecule has 0 radical (unpaired) electrons. The van der Waals surface area contributed by atoms with Gasteiger partial charge in [-0.3, -0.25) is 14.5 Å². The molecule has 23 heavy (non-hydrogen) atoms. The highest BCUT2D eigenvalue weighted by Gasteiger charge is 2.19. The largest absolute Gasteiger partial charge is 0.480 e. The minimum absolute atomic E-state index is 0.0726. The number of benzene rings is 1. The molecule has 122 valence electrons. The highest BCUT2D eigenvalue weighted by atomic mass is 35.5. The first kappa shape index (κ1) is 16.9. The molecule has 1 aromatic heterocycles. The number of hydrogen-bond donors (Lipinski definition) is 2. The minimum Gasteiger partial charge on any atom is -0.480 e. The van der Waals surface area contributed by atoms with Crippen LogP contribution >= 0.6 is 11.6 Å². The van der Waals surface area contributed by atoms with Crippen molar-refractivity contribution in [3.8, 4) is 5.69 Å². The fraction of sp³-hybridized carbons (Fsp3) is 0.286. The molecule has 0 aliphatic carbocycles. The summed E-state index contributed by atoms with van der Waals surface area (Å²) < 4.78 is 1.50. The third kappa shape index (κ3) is 4.27. The Morgan fingerprint density at radius 3 is 2.83 bits per heavy atom. The number of rotatable bonds is 6. The maximum absolute atomic E-state index is 12.1. The fourth-order valence-corrected chi connectivity index (χ4v) is 2.05. The van der Waals surface area contributed by atoms with Crippen LogP contribution in [0.4, 0.5) is 5.69 Å². The van der Waals surface area contributed by atoms with Crippen LogP contribution in [-0.4, -0.2) is 56.3 Å². The van der Waals surface area contributed by atoms with Gasteiger partial charge in [-0.1, -0.05) is 11.6 Å². The van der Waals surface area contributed by atoms with Crippen molar-refractivity contribution in [2.75, 3.05) is 18.9 Å². The zero-order chi connectivity index (χ0) is 17.0.